The Morgan fingerprint density at radius 3 is 2.82 bits per heavy atom. The minimum Gasteiger partial charge on any atom is -0.494 e. The molecule has 3 heterocycles. The Morgan fingerprint density at radius 2 is 2.05 bits per heavy atom. The number of rotatable bonds is 4. The lowest BCUT2D eigenvalue weighted by molar-refractivity contribution is 0.416. The maximum Gasteiger partial charge on any atom is 0.146 e. The Labute approximate surface area is 128 Å². The maximum atomic E-state index is 5.42. The molecule has 0 saturated heterocycles. The van der Waals surface area contributed by atoms with Gasteiger partial charge in [-0.1, -0.05) is 6.08 Å². The summed E-state index contributed by atoms with van der Waals surface area (Å²) in [6.45, 7) is 1.95. The van der Waals surface area contributed by atoms with Gasteiger partial charge in [0.05, 0.1) is 37.0 Å². The zero-order valence-corrected chi connectivity index (χ0v) is 12.7. The molecule has 6 heteroatoms. The van der Waals surface area contributed by atoms with Crippen molar-refractivity contribution in [3.63, 3.8) is 0 Å². The quantitative estimate of drug-likeness (QED) is 0.801. The topological polar surface area (TPSA) is 64.9 Å². The van der Waals surface area contributed by atoms with Gasteiger partial charge in [-0.2, -0.15) is 0 Å². The molecule has 3 aromatic rings. The predicted octanol–water partition coefficient (Wildman–Crippen LogP) is 3.15. The van der Waals surface area contributed by atoms with Crippen LogP contribution in [0.15, 0.2) is 36.9 Å². The number of imidazole rings is 1. The second kappa shape index (κ2) is 5.85. The Morgan fingerprint density at radius 1 is 1.18 bits per heavy atom. The van der Waals surface area contributed by atoms with Crippen molar-refractivity contribution in [1.29, 1.82) is 0 Å². The van der Waals surface area contributed by atoms with Crippen LogP contribution in [-0.4, -0.2) is 26.6 Å². The highest BCUT2D eigenvalue weighted by atomic mass is 16.5. The minimum atomic E-state index is 0.718. The van der Waals surface area contributed by atoms with Gasteiger partial charge in [-0.15, -0.1) is 0 Å². The van der Waals surface area contributed by atoms with E-state index in [9.17, 15) is 0 Å². The third-order valence-corrected chi connectivity index (χ3v) is 3.32. The van der Waals surface area contributed by atoms with Crippen LogP contribution in [0.2, 0.25) is 0 Å². The van der Waals surface area contributed by atoms with Crippen molar-refractivity contribution in [2.24, 2.45) is 7.05 Å². The minimum absolute atomic E-state index is 0.718. The van der Waals surface area contributed by atoms with Crippen LogP contribution in [0.5, 0.6) is 5.75 Å². The van der Waals surface area contributed by atoms with E-state index in [0.29, 0.717) is 0 Å². The zero-order valence-electron chi connectivity index (χ0n) is 12.7. The molecule has 0 aliphatic heterocycles. The molecule has 0 unspecified atom stereocenters. The second-order valence-corrected chi connectivity index (χ2v) is 4.85. The molecular weight excluding hydrogens is 278 g/mol. The molecule has 3 aromatic heterocycles. The van der Waals surface area contributed by atoms with Crippen molar-refractivity contribution in [3.8, 4) is 5.75 Å². The molecule has 0 fully saturated rings. The van der Waals surface area contributed by atoms with Gasteiger partial charge >= 0.3 is 0 Å². The molecule has 0 radical (unpaired) electrons. The number of pyridine rings is 2. The number of fused-ring (bicyclic) bond motifs is 1. The SMILES string of the molecule is CC=Cc1cc(OC)c(Nc2cc3c(cn2)ncn3C)cn1. The summed E-state index contributed by atoms with van der Waals surface area (Å²) in [4.78, 5) is 13.0. The van der Waals surface area contributed by atoms with Crippen molar-refractivity contribution in [3.05, 3.63) is 42.6 Å². The molecular formula is C16H17N5O. The third kappa shape index (κ3) is 2.63. The monoisotopic (exact) mass is 295 g/mol. The zero-order chi connectivity index (χ0) is 15.5. The number of nitrogens with one attached hydrogen (secondary N) is 1. The summed E-state index contributed by atoms with van der Waals surface area (Å²) >= 11 is 0. The van der Waals surface area contributed by atoms with Crippen LogP contribution in [0.4, 0.5) is 11.5 Å². The van der Waals surface area contributed by atoms with Crippen molar-refractivity contribution in [2.45, 2.75) is 6.92 Å². The van der Waals surface area contributed by atoms with Gasteiger partial charge in [-0.25, -0.2) is 9.97 Å². The van der Waals surface area contributed by atoms with E-state index in [4.69, 9.17) is 4.74 Å². The fraction of sp³-hybridized carbons (Fsp3) is 0.188. The van der Waals surface area contributed by atoms with Crippen molar-refractivity contribution >= 4 is 28.6 Å². The molecule has 22 heavy (non-hydrogen) atoms. The molecule has 6 nitrogen and oxygen atoms in total. The van der Waals surface area contributed by atoms with E-state index in [1.807, 2.05) is 42.8 Å². The summed E-state index contributed by atoms with van der Waals surface area (Å²) in [7, 11) is 3.59. The van der Waals surface area contributed by atoms with Gasteiger partial charge in [0, 0.05) is 19.2 Å². The molecule has 112 valence electrons. The Bertz CT molecular complexity index is 838. The van der Waals surface area contributed by atoms with Crippen LogP contribution in [0, 0.1) is 0 Å². The van der Waals surface area contributed by atoms with Gasteiger partial charge in [0.2, 0.25) is 0 Å². The highest BCUT2D eigenvalue weighted by Crippen LogP contribution is 2.28. The summed E-state index contributed by atoms with van der Waals surface area (Å²) in [5.41, 5.74) is 3.49. The van der Waals surface area contributed by atoms with Crippen LogP contribution < -0.4 is 10.1 Å². The van der Waals surface area contributed by atoms with E-state index in [-0.39, 0.29) is 0 Å². The van der Waals surface area contributed by atoms with Crippen LogP contribution in [0.3, 0.4) is 0 Å². The summed E-state index contributed by atoms with van der Waals surface area (Å²) in [6.07, 6.45) is 9.11. The van der Waals surface area contributed by atoms with Crippen LogP contribution >= 0.6 is 0 Å². The van der Waals surface area contributed by atoms with Crippen molar-refractivity contribution in [2.75, 3.05) is 12.4 Å². The average Bonchev–Trinajstić information content (AvgIpc) is 2.90. The van der Waals surface area contributed by atoms with Crippen molar-refractivity contribution in [1.82, 2.24) is 19.5 Å². The molecule has 0 amide bonds. The molecule has 0 aliphatic rings. The number of hydrogen-bond donors (Lipinski definition) is 1. The number of nitrogens with zero attached hydrogens (tertiary/aromatic N) is 4. The second-order valence-electron chi connectivity index (χ2n) is 4.85. The molecule has 0 spiro atoms. The molecule has 0 aliphatic carbocycles. The van der Waals surface area contributed by atoms with Crippen LogP contribution in [0.25, 0.3) is 17.1 Å². The number of hydrogen-bond acceptors (Lipinski definition) is 5. The summed E-state index contributed by atoms with van der Waals surface area (Å²) in [5.74, 6) is 1.44. The smallest absolute Gasteiger partial charge is 0.146 e. The average molecular weight is 295 g/mol. The number of aromatic nitrogens is 4. The number of aryl methyl sites for hydroxylation is 1. The standard InChI is InChI=1S/C16H17N5O/c1-4-5-11-6-15(22-3)13(9-17-11)20-16-7-14-12(8-18-16)19-10-21(14)2/h4-10H,1-3H3,(H,18,20). The predicted molar refractivity (Wildman–Crippen MR) is 87.3 cm³/mol. The number of anilines is 2. The van der Waals surface area contributed by atoms with E-state index in [2.05, 4.69) is 20.3 Å². The molecule has 0 aromatic carbocycles. The summed E-state index contributed by atoms with van der Waals surface area (Å²) < 4.78 is 7.37. The van der Waals surface area contributed by atoms with Gasteiger partial charge in [0.15, 0.2) is 0 Å². The van der Waals surface area contributed by atoms with Gasteiger partial charge in [-0.3, -0.25) is 4.98 Å². The molecule has 0 bridgehead atoms. The van der Waals surface area contributed by atoms with E-state index >= 15 is 0 Å². The first-order chi connectivity index (χ1) is 10.7. The fourth-order valence-electron chi connectivity index (χ4n) is 2.21. The number of methoxy groups -OCH3 is 1. The Kier molecular flexibility index (Phi) is 3.74. The lowest BCUT2D eigenvalue weighted by Gasteiger charge is -2.11. The van der Waals surface area contributed by atoms with E-state index in [1.165, 1.54) is 0 Å². The maximum absolute atomic E-state index is 5.42. The van der Waals surface area contributed by atoms with Gasteiger partial charge in [0.1, 0.15) is 22.8 Å². The van der Waals surface area contributed by atoms with Gasteiger partial charge in [-0.05, 0) is 13.0 Å². The van der Waals surface area contributed by atoms with Gasteiger partial charge < -0.3 is 14.6 Å². The highest BCUT2D eigenvalue weighted by Gasteiger charge is 2.08. The molecule has 0 saturated carbocycles. The van der Waals surface area contributed by atoms with E-state index in [1.54, 1.807) is 25.8 Å². The van der Waals surface area contributed by atoms with Gasteiger partial charge in [0.25, 0.3) is 0 Å². The summed E-state index contributed by atoms with van der Waals surface area (Å²) in [6, 6.07) is 3.83. The third-order valence-electron chi connectivity index (χ3n) is 3.32. The first kappa shape index (κ1) is 14.1. The van der Waals surface area contributed by atoms with Crippen LogP contribution in [-0.2, 0) is 7.05 Å². The number of allylic oxidation sites excluding steroid dienone is 1. The van der Waals surface area contributed by atoms with Crippen molar-refractivity contribution < 1.29 is 4.74 Å². The molecule has 3 rings (SSSR count). The highest BCUT2D eigenvalue weighted by molar-refractivity contribution is 5.78. The van der Waals surface area contributed by atoms with E-state index < -0.39 is 0 Å². The largest absolute Gasteiger partial charge is 0.494 e. The lowest BCUT2D eigenvalue weighted by atomic mass is 10.3. The van der Waals surface area contributed by atoms with E-state index in [0.717, 1.165) is 34.0 Å². The molecule has 1 N–H and O–H groups in total. The number of ether oxygens (including phenoxy) is 1. The summed E-state index contributed by atoms with van der Waals surface area (Å²) in [5, 5.41) is 3.24. The lowest BCUT2D eigenvalue weighted by Crippen LogP contribution is -1.99. The Hall–Kier alpha value is -2.89. The fourth-order valence-corrected chi connectivity index (χ4v) is 2.21. The molecule has 0 atom stereocenters. The first-order valence-corrected chi connectivity index (χ1v) is 6.92. The first-order valence-electron chi connectivity index (χ1n) is 6.92. The van der Waals surface area contributed by atoms with Crippen LogP contribution in [0.1, 0.15) is 12.6 Å². The Balaban J connectivity index is 1.95. The normalized spacial score (nSPS) is 11.2.